The Morgan fingerprint density at radius 2 is 1.96 bits per heavy atom. The summed E-state index contributed by atoms with van der Waals surface area (Å²) < 4.78 is 19.4. The second kappa shape index (κ2) is 7.13. The van der Waals surface area contributed by atoms with Crippen LogP contribution < -0.4 is 4.90 Å². The smallest absolute Gasteiger partial charge is 0.257 e. The lowest BCUT2D eigenvalue weighted by Gasteiger charge is -2.36. The first-order chi connectivity index (χ1) is 13.4. The van der Waals surface area contributed by atoms with E-state index in [4.69, 9.17) is 21.3 Å². The average Bonchev–Trinajstić information content (AvgIpc) is 3.06. The average molecular weight is 399 g/mol. The van der Waals surface area contributed by atoms with Crippen molar-refractivity contribution >= 4 is 34.3 Å². The summed E-state index contributed by atoms with van der Waals surface area (Å²) in [6, 6.07) is 9.73. The number of hydrogen-bond acceptors (Lipinski definition) is 5. The van der Waals surface area contributed by atoms with E-state index in [1.165, 1.54) is 12.1 Å². The first kappa shape index (κ1) is 18.3. The van der Waals surface area contributed by atoms with Crippen molar-refractivity contribution in [3.63, 3.8) is 0 Å². The van der Waals surface area contributed by atoms with Gasteiger partial charge < -0.3 is 14.2 Å². The number of piperazine rings is 1. The van der Waals surface area contributed by atoms with Gasteiger partial charge in [-0.1, -0.05) is 11.6 Å². The molecule has 28 heavy (non-hydrogen) atoms. The minimum Gasteiger partial charge on any atom is -0.440 e. The third kappa shape index (κ3) is 3.39. The first-order valence-electron chi connectivity index (χ1n) is 8.76. The van der Waals surface area contributed by atoms with Crippen molar-refractivity contribution < 1.29 is 13.6 Å². The van der Waals surface area contributed by atoms with E-state index in [1.807, 2.05) is 0 Å². The molecule has 1 aromatic heterocycles. The number of aryl methyl sites for hydroxylation is 1. The van der Waals surface area contributed by atoms with Gasteiger partial charge in [0, 0.05) is 49.9 Å². The van der Waals surface area contributed by atoms with E-state index in [-0.39, 0.29) is 11.5 Å². The Morgan fingerprint density at radius 3 is 2.68 bits per heavy atom. The van der Waals surface area contributed by atoms with Gasteiger partial charge in [0.05, 0.1) is 17.2 Å². The Balaban J connectivity index is 1.54. The zero-order valence-corrected chi connectivity index (χ0v) is 15.8. The van der Waals surface area contributed by atoms with Crippen LogP contribution in [0.15, 0.2) is 34.7 Å². The van der Waals surface area contributed by atoms with E-state index < -0.39 is 5.82 Å². The fourth-order valence-corrected chi connectivity index (χ4v) is 3.66. The van der Waals surface area contributed by atoms with Gasteiger partial charge in [-0.2, -0.15) is 5.26 Å². The number of carbonyl (C=O) groups is 1. The van der Waals surface area contributed by atoms with Crippen LogP contribution in [0.5, 0.6) is 0 Å². The molecule has 0 bridgehead atoms. The summed E-state index contributed by atoms with van der Waals surface area (Å²) in [6.07, 6.45) is 0. The van der Waals surface area contributed by atoms with Gasteiger partial charge in [-0.05, 0) is 24.3 Å². The summed E-state index contributed by atoms with van der Waals surface area (Å²) in [7, 11) is 0. The summed E-state index contributed by atoms with van der Waals surface area (Å²) in [4.78, 5) is 20.8. The van der Waals surface area contributed by atoms with Gasteiger partial charge in [-0.25, -0.2) is 9.37 Å². The fraction of sp³-hybridized carbons (Fsp3) is 0.250. The zero-order chi connectivity index (χ0) is 19.8. The molecule has 0 aliphatic carbocycles. The van der Waals surface area contributed by atoms with Crippen LogP contribution in [0.25, 0.3) is 11.1 Å². The molecule has 0 unspecified atom stereocenters. The number of anilines is 1. The van der Waals surface area contributed by atoms with Gasteiger partial charge in [0.1, 0.15) is 11.3 Å². The highest BCUT2D eigenvalue weighted by Gasteiger charge is 2.26. The minimum atomic E-state index is -0.522. The molecule has 2 heterocycles. The topological polar surface area (TPSA) is 73.4 Å². The predicted octanol–water partition coefficient (Wildman–Crippen LogP) is 3.76. The van der Waals surface area contributed by atoms with Gasteiger partial charge >= 0.3 is 0 Å². The molecule has 0 radical (unpaired) electrons. The molecule has 1 aliphatic heterocycles. The summed E-state index contributed by atoms with van der Waals surface area (Å²) in [5.41, 5.74) is 2.15. The van der Waals surface area contributed by atoms with Crippen LogP contribution in [-0.2, 0) is 0 Å². The molecule has 0 N–H and O–H groups in total. The van der Waals surface area contributed by atoms with E-state index in [0.29, 0.717) is 53.8 Å². The molecule has 8 heteroatoms. The zero-order valence-electron chi connectivity index (χ0n) is 15.1. The fourth-order valence-electron chi connectivity index (χ4n) is 3.43. The van der Waals surface area contributed by atoms with Crippen LogP contribution in [0, 0.1) is 24.1 Å². The molecule has 1 amide bonds. The molecule has 3 aromatic rings. The Hall–Kier alpha value is -3.11. The Morgan fingerprint density at radius 1 is 1.21 bits per heavy atom. The van der Waals surface area contributed by atoms with Crippen molar-refractivity contribution in [3.8, 4) is 6.07 Å². The molecule has 1 saturated heterocycles. The number of hydrogen-bond donors (Lipinski definition) is 0. The number of aromatic nitrogens is 1. The maximum atomic E-state index is 13.9. The number of oxazole rings is 1. The van der Waals surface area contributed by atoms with Crippen molar-refractivity contribution in [1.82, 2.24) is 9.88 Å². The maximum Gasteiger partial charge on any atom is 0.257 e. The molecule has 0 saturated carbocycles. The van der Waals surface area contributed by atoms with E-state index >= 15 is 0 Å². The Kier molecular flexibility index (Phi) is 4.65. The van der Waals surface area contributed by atoms with Gasteiger partial charge in [0.15, 0.2) is 11.5 Å². The van der Waals surface area contributed by atoms with Crippen LogP contribution in [-0.4, -0.2) is 42.0 Å². The molecule has 6 nitrogen and oxygen atoms in total. The molecule has 1 fully saturated rings. The largest absolute Gasteiger partial charge is 0.440 e. The van der Waals surface area contributed by atoms with Gasteiger partial charge in [-0.15, -0.1) is 0 Å². The number of nitrogens with zero attached hydrogens (tertiary/aromatic N) is 4. The third-order valence-electron chi connectivity index (χ3n) is 4.74. The van der Waals surface area contributed by atoms with Gasteiger partial charge in [0.2, 0.25) is 0 Å². The van der Waals surface area contributed by atoms with Crippen LogP contribution in [0.1, 0.15) is 21.8 Å². The number of amides is 1. The summed E-state index contributed by atoms with van der Waals surface area (Å²) in [5, 5.41) is 9.61. The molecule has 0 atom stereocenters. The third-order valence-corrected chi connectivity index (χ3v) is 4.95. The minimum absolute atomic E-state index is 0.179. The number of fused-ring (bicyclic) bond motifs is 1. The lowest BCUT2D eigenvalue weighted by atomic mass is 10.1. The van der Waals surface area contributed by atoms with Crippen molar-refractivity contribution in [2.24, 2.45) is 0 Å². The monoisotopic (exact) mass is 398 g/mol. The van der Waals surface area contributed by atoms with Gasteiger partial charge in [0.25, 0.3) is 5.91 Å². The molecule has 0 spiro atoms. The van der Waals surface area contributed by atoms with E-state index in [9.17, 15) is 9.18 Å². The van der Waals surface area contributed by atoms with Crippen LogP contribution in [0.4, 0.5) is 10.1 Å². The van der Waals surface area contributed by atoms with Crippen LogP contribution >= 0.6 is 11.6 Å². The SMILES string of the molecule is Cc1nc2cc(F)cc(C(=O)N3CCN(c4cc(Cl)cc(C#N)c4)CC3)c2o1. The van der Waals surface area contributed by atoms with Crippen molar-refractivity contribution in [1.29, 1.82) is 5.26 Å². The number of nitriles is 1. The highest BCUT2D eigenvalue weighted by atomic mass is 35.5. The summed E-state index contributed by atoms with van der Waals surface area (Å²) >= 11 is 6.09. The standard InChI is InChI=1S/C20H16ClFN4O2/c1-12-24-18-10-15(22)9-17(19(18)28-12)20(27)26-4-2-25(3-5-26)16-7-13(11-23)6-14(21)8-16/h6-10H,2-5H2,1H3. The summed E-state index contributed by atoms with van der Waals surface area (Å²) in [6.45, 7) is 3.72. The quantitative estimate of drug-likeness (QED) is 0.657. The molecule has 142 valence electrons. The number of halogens is 2. The lowest BCUT2D eigenvalue weighted by molar-refractivity contribution is 0.0747. The molecule has 4 rings (SSSR count). The normalized spacial score (nSPS) is 14.4. The number of benzene rings is 2. The first-order valence-corrected chi connectivity index (χ1v) is 9.14. The maximum absolute atomic E-state index is 13.9. The van der Waals surface area contributed by atoms with Crippen LogP contribution in [0.2, 0.25) is 5.02 Å². The lowest BCUT2D eigenvalue weighted by Crippen LogP contribution is -2.48. The van der Waals surface area contributed by atoms with E-state index in [1.54, 1.807) is 30.0 Å². The van der Waals surface area contributed by atoms with Gasteiger partial charge in [-0.3, -0.25) is 4.79 Å². The number of rotatable bonds is 2. The highest BCUT2D eigenvalue weighted by Crippen LogP contribution is 2.26. The van der Waals surface area contributed by atoms with E-state index in [0.717, 1.165) is 5.69 Å². The molecular weight excluding hydrogens is 383 g/mol. The second-order valence-corrected chi connectivity index (χ2v) is 7.06. The van der Waals surface area contributed by atoms with Crippen molar-refractivity contribution in [2.45, 2.75) is 6.92 Å². The number of carbonyl (C=O) groups excluding carboxylic acids is 1. The molecule has 2 aromatic carbocycles. The summed E-state index contributed by atoms with van der Waals surface area (Å²) in [5.74, 6) is -0.427. The Bertz CT molecular complexity index is 1110. The molecular formula is C20H16ClFN4O2. The predicted molar refractivity (Wildman–Crippen MR) is 103 cm³/mol. The van der Waals surface area contributed by atoms with Crippen LogP contribution in [0.3, 0.4) is 0 Å². The van der Waals surface area contributed by atoms with Crippen molar-refractivity contribution in [2.75, 3.05) is 31.1 Å². The van der Waals surface area contributed by atoms with E-state index in [2.05, 4.69) is 16.0 Å². The highest BCUT2D eigenvalue weighted by molar-refractivity contribution is 6.31. The second-order valence-electron chi connectivity index (χ2n) is 6.62. The van der Waals surface area contributed by atoms with Crippen molar-refractivity contribution in [3.05, 3.63) is 58.2 Å². The Labute approximate surface area is 165 Å². The molecule has 1 aliphatic rings.